The van der Waals surface area contributed by atoms with Crippen molar-refractivity contribution in [1.82, 2.24) is 5.01 Å². The molecule has 0 radical (unpaired) electrons. The molecule has 0 N–H and O–H groups in total. The van der Waals surface area contributed by atoms with Crippen LogP contribution in [0.25, 0.3) is 0 Å². The highest BCUT2D eigenvalue weighted by molar-refractivity contribution is 5.81. The molecule has 2 nitrogen and oxygen atoms in total. The summed E-state index contributed by atoms with van der Waals surface area (Å²) in [7, 11) is 3.90. The first-order valence-corrected chi connectivity index (χ1v) is 4.94. The molecule has 0 saturated heterocycles. The summed E-state index contributed by atoms with van der Waals surface area (Å²) >= 11 is 0. The highest BCUT2D eigenvalue weighted by Gasteiger charge is 1.95. The summed E-state index contributed by atoms with van der Waals surface area (Å²) in [5.41, 5.74) is 2.56. The highest BCUT2D eigenvalue weighted by atomic mass is 15.4. The fraction of sp³-hybridized carbons (Fsp3) is 0.417. The van der Waals surface area contributed by atoms with Gasteiger partial charge in [0.15, 0.2) is 0 Å². The molecule has 0 fully saturated rings. The number of hydrazone groups is 1. The van der Waals surface area contributed by atoms with Crippen LogP contribution in [0.4, 0.5) is 0 Å². The maximum atomic E-state index is 4.34. The van der Waals surface area contributed by atoms with Crippen molar-refractivity contribution in [3.05, 3.63) is 35.9 Å². The molecule has 0 spiro atoms. The van der Waals surface area contributed by atoms with Crippen LogP contribution < -0.4 is 0 Å². The summed E-state index contributed by atoms with van der Waals surface area (Å²) in [6.45, 7) is 2.07. The third kappa shape index (κ3) is 4.08. The predicted octanol–water partition coefficient (Wildman–Crippen LogP) is 2.56. The lowest BCUT2D eigenvalue weighted by Crippen LogP contribution is -2.07. The average molecular weight is 190 g/mol. The molecule has 0 amide bonds. The Morgan fingerprint density at radius 2 is 1.86 bits per heavy atom. The Balaban J connectivity index is 2.42. The van der Waals surface area contributed by atoms with Crippen LogP contribution in [-0.2, 0) is 6.42 Å². The van der Waals surface area contributed by atoms with E-state index in [0.29, 0.717) is 0 Å². The maximum Gasteiger partial charge on any atom is 0.0353 e. The van der Waals surface area contributed by atoms with Gasteiger partial charge in [-0.3, -0.25) is 0 Å². The van der Waals surface area contributed by atoms with Gasteiger partial charge < -0.3 is 5.01 Å². The normalized spacial score (nSPS) is 11.5. The predicted molar refractivity (Wildman–Crippen MR) is 61.6 cm³/mol. The van der Waals surface area contributed by atoms with E-state index in [0.717, 1.165) is 12.8 Å². The second kappa shape index (κ2) is 5.43. The van der Waals surface area contributed by atoms with Crippen molar-refractivity contribution in [2.24, 2.45) is 5.10 Å². The van der Waals surface area contributed by atoms with Gasteiger partial charge in [-0.05, 0) is 25.3 Å². The average Bonchev–Trinajstić information content (AvgIpc) is 2.15. The van der Waals surface area contributed by atoms with Crippen LogP contribution in [0, 0.1) is 0 Å². The summed E-state index contributed by atoms with van der Waals surface area (Å²) in [6, 6.07) is 10.5. The van der Waals surface area contributed by atoms with E-state index in [1.54, 1.807) is 0 Å². The van der Waals surface area contributed by atoms with E-state index in [2.05, 4.69) is 36.3 Å². The van der Waals surface area contributed by atoms with Crippen LogP contribution in [0.2, 0.25) is 0 Å². The first kappa shape index (κ1) is 10.8. The van der Waals surface area contributed by atoms with Crippen molar-refractivity contribution >= 4 is 5.71 Å². The highest BCUT2D eigenvalue weighted by Crippen LogP contribution is 2.03. The molecular formula is C12H18N2. The lowest BCUT2D eigenvalue weighted by atomic mass is 10.1. The molecule has 1 aromatic carbocycles. The minimum atomic E-state index is 1.03. The van der Waals surface area contributed by atoms with E-state index in [-0.39, 0.29) is 0 Å². The van der Waals surface area contributed by atoms with Crippen LogP contribution in [0.15, 0.2) is 35.4 Å². The van der Waals surface area contributed by atoms with E-state index in [9.17, 15) is 0 Å². The number of hydrogen-bond acceptors (Lipinski definition) is 2. The Labute approximate surface area is 86.2 Å². The molecule has 0 aliphatic heterocycles. The van der Waals surface area contributed by atoms with Gasteiger partial charge in [-0.25, -0.2) is 0 Å². The van der Waals surface area contributed by atoms with Gasteiger partial charge in [0.2, 0.25) is 0 Å². The lowest BCUT2D eigenvalue weighted by Gasteiger charge is -2.07. The smallest absolute Gasteiger partial charge is 0.0353 e. The fourth-order valence-electron chi connectivity index (χ4n) is 1.36. The Hall–Kier alpha value is -1.31. The molecule has 0 aliphatic carbocycles. The standard InChI is InChI=1S/C12H18N2/c1-11(13-14(2)3)9-10-12-7-5-4-6-8-12/h4-8H,9-10H2,1-3H3. The first-order chi connectivity index (χ1) is 6.68. The minimum Gasteiger partial charge on any atom is -0.303 e. The van der Waals surface area contributed by atoms with Crippen molar-refractivity contribution in [1.29, 1.82) is 0 Å². The summed E-state index contributed by atoms with van der Waals surface area (Å²) in [6.07, 6.45) is 2.10. The molecule has 0 atom stereocenters. The molecule has 0 saturated carbocycles. The van der Waals surface area contributed by atoms with Crippen LogP contribution in [0.1, 0.15) is 18.9 Å². The summed E-state index contributed by atoms with van der Waals surface area (Å²) < 4.78 is 0. The number of nitrogens with zero attached hydrogens (tertiary/aromatic N) is 2. The first-order valence-electron chi connectivity index (χ1n) is 4.94. The SMILES string of the molecule is CC(CCc1ccccc1)=NN(C)C. The molecule has 2 heteroatoms. The molecule has 76 valence electrons. The third-order valence-corrected chi connectivity index (χ3v) is 1.99. The number of benzene rings is 1. The van der Waals surface area contributed by atoms with E-state index in [4.69, 9.17) is 0 Å². The van der Waals surface area contributed by atoms with Crippen molar-refractivity contribution in [2.45, 2.75) is 19.8 Å². The third-order valence-electron chi connectivity index (χ3n) is 1.99. The van der Waals surface area contributed by atoms with E-state index in [1.165, 1.54) is 11.3 Å². The van der Waals surface area contributed by atoms with E-state index < -0.39 is 0 Å². The van der Waals surface area contributed by atoms with Crippen LogP contribution in [-0.4, -0.2) is 24.8 Å². The van der Waals surface area contributed by atoms with Crippen LogP contribution >= 0.6 is 0 Å². The van der Waals surface area contributed by atoms with Gasteiger partial charge in [-0.2, -0.15) is 5.10 Å². The molecule has 14 heavy (non-hydrogen) atoms. The van der Waals surface area contributed by atoms with Gasteiger partial charge in [0.25, 0.3) is 0 Å². The second-order valence-corrected chi connectivity index (χ2v) is 3.67. The molecule has 0 unspecified atom stereocenters. The molecule has 0 aliphatic rings. The van der Waals surface area contributed by atoms with Gasteiger partial charge in [0.05, 0.1) is 0 Å². The molecule has 1 rings (SSSR count). The van der Waals surface area contributed by atoms with Crippen molar-refractivity contribution in [2.75, 3.05) is 14.1 Å². The van der Waals surface area contributed by atoms with Crippen LogP contribution in [0.3, 0.4) is 0 Å². The van der Waals surface area contributed by atoms with E-state index >= 15 is 0 Å². The van der Waals surface area contributed by atoms with Gasteiger partial charge in [0, 0.05) is 19.8 Å². The summed E-state index contributed by atoms with van der Waals surface area (Å²) in [5, 5.41) is 6.19. The molecule has 0 bridgehead atoms. The lowest BCUT2D eigenvalue weighted by molar-refractivity contribution is 0.436. The Morgan fingerprint density at radius 1 is 1.21 bits per heavy atom. The van der Waals surface area contributed by atoms with Gasteiger partial charge >= 0.3 is 0 Å². The largest absolute Gasteiger partial charge is 0.303 e. The summed E-state index contributed by atoms with van der Waals surface area (Å²) in [5.74, 6) is 0. The molecular weight excluding hydrogens is 172 g/mol. The van der Waals surface area contributed by atoms with Gasteiger partial charge in [-0.1, -0.05) is 30.3 Å². The minimum absolute atomic E-state index is 1.03. The van der Waals surface area contributed by atoms with Crippen molar-refractivity contribution in [3.63, 3.8) is 0 Å². The second-order valence-electron chi connectivity index (χ2n) is 3.67. The Bertz CT molecular complexity index is 288. The van der Waals surface area contributed by atoms with Gasteiger partial charge in [-0.15, -0.1) is 0 Å². The van der Waals surface area contributed by atoms with Crippen molar-refractivity contribution < 1.29 is 0 Å². The zero-order valence-corrected chi connectivity index (χ0v) is 9.20. The Morgan fingerprint density at radius 3 is 2.43 bits per heavy atom. The topological polar surface area (TPSA) is 15.6 Å². The van der Waals surface area contributed by atoms with Gasteiger partial charge in [0.1, 0.15) is 0 Å². The number of rotatable bonds is 4. The zero-order chi connectivity index (χ0) is 10.4. The Kier molecular flexibility index (Phi) is 4.17. The fourth-order valence-corrected chi connectivity index (χ4v) is 1.36. The molecule has 1 aromatic rings. The summed E-state index contributed by atoms with van der Waals surface area (Å²) in [4.78, 5) is 0. The van der Waals surface area contributed by atoms with E-state index in [1.807, 2.05) is 25.2 Å². The monoisotopic (exact) mass is 190 g/mol. The van der Waals surface area contributed by atoms with Crippen LogP contribution in [0.5, 0.6) is 0 Å². The quantitative estimate of drug-likeness (QED) is 0.526. The number of aryl methyl sites for hydroxylation is 1. The molecule has 0 heterocycles. The van der Waals surface area contributed by atoms with Crippen molar-refractivity contribution in [3.8, 4) is 0 Å². The maximum absolute atomic E-state index is 4.34. The zero-order valence-electron chi connectivity index (χ0n) is 9.20. The number of hydrogen-bond donors (Lipinski definition) is 0. The molecule has 0 aromatic heterocycles.